The number of carbonyl (C=O) groups excluding carboxylic acids is 1. The topological polar surface area (TPSA) is 90.7 Å². The molecule has 9 heteroatoms. The minimum Gasteiger partial charge on any atom is -0.496 e. The Morgan fingerprint density at radius 2 is 1.88 bits per heavy atom. The van der Waals surface area contributed by atoms with E-state index < -0.39 is 10.8 Å². The van der Waals surface area contributed by atoms with E-state index in [1.54, 1.807) is 12.1 Å². The van der Waals surface area contributed by atoms with Crippen LogP contribution in [0.1, 0.15) is 10.4 Å². The van der Waals surface area contributed by atoms with Gasteiger partial charge in [0.25, 0.3) is 11.6 Å². The molecule has 0 aliphatic rings. The van der Waals surface area contributed by atoms with Crippen LogP contribution < -0.4 is 14.8 Å². The smallest absolute Gasteiger partial charge is 0.296 e. The first kappa shape index (κ1) is 18.2. The van der Waals surface area contributed by atoms with Crippen molar-refractivity contribution in [3.63, 3.8) is 0 Å². The minimum absolute atomic E-state index is 0.0592. The van der Waals surface area contributed by atoms with Gasteiger partial charge in [-0.1, -0.05) is 15.9 Å². The van der Waals surface area contributed by atoms with Crippen molar-refractivity contribution in [1.82, 2.24) is 0 Å². The first-order valence-electron chi connectivity index (χ1n) is 6.54. The number of anilines is 1. The van der Waals surface area contributed by atoms with Crippen molar-refractivity contribution in [2.24, 2.45) is 0 Å². The molecule has 0 saturated heterocycles. The number of halogens is 2. The third-order valence-corrected chi connectivity index (χ3v) is 4.15. The van der Waals surface area contributed by atoms with Crippen LogP contribution in [-0.4, -0.2) is 25.1 Å². The Hall–Kier alpha value is -2.13. The summed E-state index contributed by atoms with van der Waals surface area (Å²) in [7, 11) is 2.84. The van der Waals surface area contributed by atoms with Gasteiger partial charge in [0.05, 0.1) is 35.2 Å². The molecule has 0 bridgehead atoms. The lowest BCUT2D eigenvalue weighted by Crippen LogP contribution is -2.14. The van der Waals surface area contributed by atoms with E-state index in [0.29, 0.717) is 20.4 Å². The lowest BCUT2D eigenvalue weighted by atomic mass is 10.1. The second kappa shape index (κ2) is 7.63. The number of ether oxygens (including phenoxy) is 2. The van der Waals surface area contributed by atoms with E-state index in [1.165, 1.54) is 32.4 Å². The van der Waals surface area contributed by atoms with Gasteiger partial charge in [0.2, 0.25) is 0 Å². The van der Waals surface area contributed by atoms with E-state index in [9.17, 15) is 14.9 Å². The molecule has 0 radical (unpaired) electrons. The predicted molar refractivity (Wildman–Crippen MR) is 96.0 cm³/mol. The number of nitrogens with zero attached hydrogens (tertiary/aromatic N) is 1. The standard InChI is InChI=1S/C15H12Br2N2O5/c1-23-9-3-4-12(13(7-9)19(21)22)18-15(20)10-5-8(16)6-11(17)14(10)24-2/h3-7H,1-2H3,(H,18,20). The van der Waals surface area contributed by atoms with Crippen molar-refractivity contribution >= 4 is 49.1 Å². The molecule has 24 heavy (non-hydrogen) atoms. The van der Waals surface area contributed by atoms with Crippen molar-refractivity contribution in [1.29, 1.82) is 0 Å². The van der Waals surface area contributed by atoms with Crippen LogP contribution in [0.3, 0.4) is 0 Å². The minimum atomic E-state index is -0.591. The molecule has 7 nitrogen and oxygen atoms in total. The van der Waals surface area contributed by atoms with Gasteiger partial charge in [-0.05, 0) is 40.2 Å². The molecule has 2 aromatic carbocycles. The molecule has 1 amide bonds. The quantitative estimate of drug-likeness (QED) is 0.528. The largest absolute Gasteiger partial charge is 0.496 e. The molecule has 0 aliphatic heterocycles. The third-order valence-electron chi connectivity index (χ3n) is 3.11. The van der Waals surface area contributed by atoms with Crippen molar-refractivity contribution in [2.75, 3.05) is 19.5 Å². The summed E-state index contributed by atoms with van der Waals surface area (Å²) in [6.07, 6.45) is 0. The van der Waals surface area contributed by atoms with Crippen molar-refractivity contribution in [2.45, 2.75) is 0 Å². The Balaban J connectivity index is 2.42. The maximum Gasteiger partial charge on any atom is 0.296 e. The number of rotatable bonds is 5. The highest BCUT2D eigenvalue weighted by Crippen LogP contribution is 2.34. The van der Waals surface area contributed by atoms with Crippen LogP contribution in [0, 0.1) is 10.1 Å². The number of nitrogens with one attached hydrogen (secondary N) is 1. The summed E-state index contributed by atoms with van der Waals surface area (Å²) in [6.45, 7) is 0. The molecule has 0 fully saturated rings. The van der Waals surface area contributed by atoms with Crippen LogP contribution in [0.4, 0.5) is 11.4 Å². The number of nitro benzene ring substituents is 1. The second-order valence-electron chi connectivity index (χ2n) is 4.56. The van der Waals surface area contributed by atoms with Crippen LogP contribution in [0.5, 0.6) is 11.5 Å². The zero-order valence-electron chi connectivity index (χ0n) is 12.6. The Morgan fingerprint density at radius 1 is 1.17 bits per heavy atom. The number of amides is 1. The van der Waals surface area contributed by atoms with E-state index >= 15 is 0 Å². The molecule has 0 heterocycles. The van der Waals surface area contributed by atoms with E-state index in [4.69, 9.17) is 9.47 Å². The Bertz CT molecular complexity index is 811. The molecular formula is C15H12Br2N2O5. The molecule has 2 aromatic rings. The fourth-order valence-electron chi connectivity index (χ4n) is 2.02. The molecule has 1 N–H and O–H groups in total. The maximum atomic E-state index is 12.5. The molecule has 126 valence electrons. The van der Waals surface area contributed by atoms with Crippen LogP contribution in [0.15, 0.2) is 39.3 Å². The number of hydrogen-bond acceptors (Lipinski definition) is 5. The average molecular weight is 460 g/mol. The Kier molecular flexibility index (Phi) is 5.79. The summed E-state index contributed by atoms with van der Waals surface area (Å²) in [5.41, 5.74) is 0.0172. The highest BCUT2D eigenvalue weighted by atomic mass is 79.9. The summed E-state index contributed by atoms with van der Waals surface area (Å²) >= 11 is 6.60. The lowest BCUT2D eigenvalue weighted by molar-refractivity contribution is -0.384. The summed E-state index contributed by atoms with van der Waals surface area (Å²) in [5, 5.41) is 13.7. The fourth-order valence-corrected chi connectivity index (χ4v) is 3.41. The summed E-state index contributed by atoms with van der Waals surface area (Å²) in [5.74, 6) is 0.108. The zero-order chi connectivity index (χ0) is 17.9. The molecule has 0 saturated carbocycles. The van der Waals surface area contributed by atoms with E-state index in [-0.39, 0.29) is 16.9 Å². The van der Waals surface area contributed by atoms with E-state index in [0.717, 1.165) is 0 Å². The summed E-state index contributed by atoms with van der Waals surface area (Å²) in [6, 6.07) is 7.47. The Morgan fingerprint density at radius 3 is 2.46 bits per heavy atom. The molecule has 0 unspecified atom stereocenters. The molecule has 2 rings (SSSR count). The van der Waals surface area contributed by atoms with Gasteiger partial charge in [-0.2, -0.15) is 0 Å². The molecular weight excluding hydrogens is 448 g/mol. The molecule has 0 spiro atoms. The van der Waals surface area contributed by atoms with Crippen LogP contribution in [0.25, 0.3) is 0 Å². The van der Waals surface area contributed by atoms with Crippen LogP contribution in [-0.2, 0) is 0 Å². The van der Waals surface area contributed by atoms with Gasteiger partial charge >= 0.3 is 0 Å². The average Bonchev–Trinajstić information content (AvgIpc) is 2.54. The first-order chi connectivity index (χ1) is 11.4. The van der Waals surface area contributed by atoms with E-state index in [2.05, 4.69) is 37.2 Å². The van der Waals surface area contributed by atoms with Gasteiger partial charge in [0.1, 0.15) is 17.2 Å². The SMILES string of the molecule is COc1ccc(NC(=O)c2cc(Br)cc(Br)c2OC)c([N+](=O)[O-])c1. The van der Waals surface area contributed by atoms with Gasteiger partial charge < -0.3 is 14.8 Å². The summed E-state index contributed by atoms with van der Waals surface area (Å²) in [4.78, 5) is 23.1. The van der Waals surface area contributed by atoms with Crippen molar-refractivity contribution in [3.8, 4) is 11.5 Å². The highest BCUT2D eigenvalue weighted by molar-refractivity contribution is 9.11. The normalized spacial score (nSPS) is 10.2. The maximum absolute atomic E-state index is 12.5. The first-order valence-corrected chi connectivity index (χ1v) is 8.12. The van der Waals surface area contributed by atoms with Gasteiger partial charge in [-0.3, -0.25) is 14.9 Å². The molecule has 0 aromatic heterocycles. The number of methoxy groups -OCH3 is 2. The van der Waals surface area contributed by atoms with Crippen molar-refractivity contribution < 1.29 is 19.2 Å². The number of benzene rings is 2. The van der Waals surface area contributed by atoms with Gasteiger partial charge in [-0.25, -0.2) is 0 Å². The number of hydrogen-bond donors (Lipinski definition) is 1. The van der Waals surface area contributed by atoms with Gasteiger partial charge in [0.15, 0.2) is 0 Å². The fraction of sp³-hybridized carbons (Fsp3) is 0.133. The van der Waals surface area contributed by atoms with Crippen LogP contribution in [0.2, 0.25) is 0 Å². The second-order valence-corrected chi connectivity index (χ2v) is 6.33. The third kappa shape index (κ3) is 3.85. The predicted octanol–water partition coefficient (Wildman–Crippen LogP) is 4.39. The lowest BCUT2D eigenvalue weighted by Gasteiger charge is -2.12. The zero-order valence-corrected chi connectivity index (χ0v) is 15.8. The summed E-state index contributed by atoms with van der Waals surface area (Å²) < 4.78 is 11.4. The molecule has 0 atom stereocenters. The monoisotopic (exact) mass is 458 g/mol. The number of carbonyl (C=O) groups is 1. The van der Waals surface area contributed by atoms with Crippen LogP contribution >= 0.6 is 31.9 Å². The number of nitro groups is 1. The van der Waals surface area contributed by atoms with E-state index in [1.807, 2.05) is 0 Å². The van der Waals surface area contributed by atoms with Gasteiger partial charge in [0, 0.05) is 4.47 Å². The van der Waals surface area contributed by atoms with Crippen molar-refractivity contribution in [3.05, 3.63) is 55.0 Å². The molecule has 0 aliphatic carbocycles. The highest BCUT2D eigenvalue weighted by Gasteiger charge is 2.21. The van der Waals surface area contributed by atoms with Gasteiger partial charge in [-0.15, -0.1) is 0 Å². The Labute approximate surface area is 154 Å².